The van der Waals surface area contributed by atoms with Gasteiger partial charge in [0.1, 0.15) is 12.2 Å². The van der Waals surface area contributed by atoms with E-state index in [0.717, 1.165) is 4.57 Å². The summed E-state index contributed by atoms with van der Waals surface area (Å²) in [7, 11) is 0. The smallest absolute Gasteiger partial charge is 0.328 e. The highest BCUT2D eigenvalue weighted by Gasteiger charge is 2.43. The quantitative estimate of drug-likeness (QED) is 0.395. The van der Waals surface area contributed by atoms with Crippen molar-refractivity contribution in [3.8, 4) is 0 Å². The first-order valence-electron chi connectivity index (χ1n) is 7.59. The fourth-order valence-electron chi connectivity index (χ4n) is 2.81. The molecule has 1 aromatic rings. The second-order valence-corrected chi connectivity index (χ2v) is 5.85. The Morgan fingerprint density at radius 3 is 2.60 bits per heavy atom. The van der Waals surface area contributed by atoms with Gasteiger partial charge in [-0.15, -0.1) is 0 Å². The first-order chi connectivity index (χ1) is 11.7. The second kappa shape index (κ2) is 7.57. The molecule has 1 aromatic heterocycles. The number of carbonyl (C=O) groups excluding carboxylic acids is 1. The maximum Gasteiger partial charge on any atom is 0.328 e. The van der Waals surface area contributed by atoms with Crippen LogP contribution in [-0.2, 0) is 9.59 Å². The third-order valence-corrected chi connectivity index (χ3v) is 4.07. The maximum atomic E-state index is 13.4. The Bertz CT molecular complexity index is 774. The molecule has 25 heavy (non-hydrogen) atoms. The average Bonchev–Trinajstić information content (AvgIpc) is 2.79. The molecule has 1 saturated carbocycles. The molecular weight excluding hydrogens is 341 g/mol. The molecule has 4 atom stereocenters. The van der Waals surface area contributed by atoms with Gasteiger partial charge in [-0.25, -0.2) is 4.79 Å². The number of hydrogen-bond donors (Lipinski definition) is 5. The van der Waals surface area contributed by atoms with E-state index in [4.69, 9.17) is 5.11 Å². The molecule has 1 aliphatic rings. The second-order valence-electron chi connectivity index (χ2n) is 5.85. The fourth-order valence-corrected chi connectivity index (χ4v) is 2.81. The summed E-state index contributed by atoms with van der Waals surface area (Å²) in [5.41, 5.74) is -2.14. The molecule has 0 aromatic carbocycles. The Balaban J connectivity index is 2.07. The van der Waals surface area contributed by atoms with Crippen molar-refractivity contribution in [1.82, 2.24) is 14.9 Å². The Morgan fingerprint density at radius 1 is 1.28 bits per heavy atom. The van der Waals surface area contributed by atoms with Gasteiger partial charge in [-0.3, -0.25) is 23.9 Å². The molecule has 2 rings (SSSR count). The summed E-state index contributed by atoms with van der Waals surface area (Å²) in [6, 6.07) is -1.95. The molecule has 138 valence electrons. The number of nitrogens with one attached hydrogen (secondary N) is 2. The lowest BCUT2D eigenvalue weighted by atomic mass is 10.1. The predicted molar refractivity (Wildman–Crippen MR) is 80.4 cm³/mol. The van der Waals surface area contributed by atoms with Crippen LogP contribution in [0.25, 0.3) is 0 Å². The van der Waals surface area contributed by atoms with Crippen LogP contribution in [0.5, 0.6) is 0 Å². The number of aliphatic carboxylic acids is 1. The summed E-state index contributed by atoms with van der Waals surface area (Å²) in [6.45, 7) is 0. The third-order valence-electron chi connectivity index (χ3n) is 4.07. The molecule has 10 nitrogen and oxygen atoms in total. The Hall–Kier alpha value is -2.53. The molecule has 0 saturated heterocycles. The summed E-state index contributed by atoms with van der Waals surface area (Å²) in [5, 5.41) is 31.1. The van der Waals surface area contributed by atoms with Gasteiger partial charge in [0.25, 0.3) is 5.56 Å². The lowest BCUT2D eigenvalue weighted by Crippen LogP contribution is -2.43. The van der Waals surface area contributed by atoms with Crippen LogP contribution in [0.4, 0.5) is 4.39 Å². The summed E-state index contributed by atoms with van der Waals surface area (Å²) in [5.74, 6) is -2.77. The Morgan fingerprint density at radius 2 is 1.96 bits per heavy atom. The lowest BCUT2D eigenvalue weighted by molar-refractivity contribution is -0.137. The van der Waals surface area contributed by atoms with Crippen molar-refractivity contribution in [2.24, 2.45) is 0 Å². The van der Waals surface area contributed by atoms with Gasteiger partial charge >= 0.3 is 11.7 Å². The highest BCUT2D eigenvalue weighted by molar-refractivity contribution is 5.77. The van der Waals surface area contributed by atoms with Crippen molar-refractivity contribution in [2.75, 3.05) is 0 Å². The van der Waals surface area contributed by atoms with Crippen molar-refractivity contribution in [3.05, 3.63) is 32.9 Å². The first-order valence-corrected chi connectivity index (χ1v) is 7.59. The number of carboxylic acid groups (broad SMARTS) is 1. The van der Waals surface area contributed by atoms with Gasteiger partial charge in [0, 0.05) is 12.8 Å². The number of carbonyl (C=O) groups is 2. The number of nitrogens with zero attached hydrogens (tertiary/aromatic N) is 1. The number of aliphatic hydroxyl groups is 2. The zero-order chi connectivity index (χ0) is 18.7. The van der Waals surface area contributed by atoms with E-state index in [2.05, 4.69) is 5.32 Å². The van der Waals surface area contributed by atoms with Crippen LogP contribution < -0.4 is 16.6 Å². The van der Waals surface area contributed by atoms with E-state index in [1.165, 1.54) is 0 Å². The van der Waals surface area contributed by atoms with E-state index in [1.807, 2.05) is 0 Å². The van der Waals surface area contributed by atoms with Crippen molar-refractivity contribution >= 4 is 11.9 Å². The molecule has 0 radical (unpaired) electrons. The number of aromatic nitrogens is 2. The summed E-state index contributed by atoms with van der Waals surface area (Å²) < 4.78 is 14.1. The van der Waals surface area contributed by atoms with Crippen molar-refractivity contribution in [3.63, 3.8) is 0 Å². The monoisotopic (exact) mass is 359 g/mol. The number of hydrogen-bond acceptors (Lipinski definition) is 6. The number of amides is 1. The standard InChI is InChI=1S/C14H18FN3O7/c15-6-5-18(14(25)17-13(6)24)8-4-7(11(22)12(8)23)16-9(19)2-1-3-10(20)21/h5,7-8,11-12,22-23H,1-4H2,(H,16,19)(H,20,21)(H,17,24,25)/t7-,8+,11-,12+/m1/s1. The SMILES string of the molecule is O=C(O)CCCC(=O)N[C@@H]1C[C@H](n2cc(F)c(=O)[nH]c2=O)[C@H](O)[C@@H]1O. The first kappa shape index (κ1) is 18.8. The molecule has 1 aliphatic carbocycles. The number of carboxylic acids is 1. The molecule has 0 unspecified atom stereocenters. The number of halogens is 1. The van der Waals surface area contributed by atoms with Gasteiger partial charge in [-0.05, 0) is 12.8 Å². The van der Waals surface area contributed by atoms with Gasteiger partial charge < -0.3 is 20.6 Å². The number of rotatable bonds is 6. The average molecular weight is 359 g/mol. The van der Waals surface area contributed by atoms with Crippen LogP contribution in [0.2, 0.25) is 0 Å². The van der Waals surface area contributed by atoms with Gasteiger partial charge in [-0.1, -0.05) is 0 Å². The number of H-pyrrole nitrogens is 1. The van der Waals surface area contributed by atoms with Crippen LogP contribution in [0, 0.1) is 5.82 Å². The largest absolute Gasteiger partial charge is 0.481 e. The van der Waals surface area contributed by atoms with Gasteiger partial charge in [0.2, 0.25) is 11.7 Å². The van der Waals surface area contributed by atoms with Crippen LogP contribution in [-0.4, -0.2) is 55.0 Å². The lowest BCUT2D eigenvalue weighted by Gasteiger charge is -2.18. The minimum atomic E-state index is -1.47. The van der Waals surface area contributed by atoms with Crippen molar-refractivity contribution in [2.45, 2.75) is 50.0 Å². The molecule has 1 amide bonds. The van der Waals surface area contributed by atoms with E-state index in [9.17, 15) is 33.8 Å². The van der Waals surface area contributed by atoms with E-state index in [-0.39, 0.29) is 25.7 Å². The zero-order valence-electron chi connectivity index (χ0n) is 13.0. The minimum Gasteiger partial charge on any atom is -0.481 e. The summed E-state index contributed by atoms with van der Waals surface area (Å²) in [4.78, 5) is 46.8. The topological polar surface area (TPSA) is 162 Å². The Kier molecular flexibility index (Phi) is 5.69. The maximum absolute atomic E-state index is 13.4. The molecule has 0 bridgehead atoms. The van der Waals surface area contributed by atoms with Crippen LogP contribution >= 0.6 is 0 Å². The van der Waals surface area contributed by atoms with Crippen molar-refractivity contribution < 1.29 is 29.3 Å². The summed E-state index contributed by atoms with van der Waals surface area (Å²) >= 11 is 0. The van der Waals surface area contributed by atoms with E-state index in [1.54, 1.807) is 4.98 Å². The molecular formula is C14H18FN3O7. The molecule has 0 spiro atoms. The third kappa shape index (κ3) is 4.31. The van der Waals surface area contributed by atoms with Crippen LogP contribution in [0.1, 0.15) is 31.7 Å². The van der Waals surface area contributed by atoms with Gasteiger partial charge in [-0.2, -0.15) is 4.39 Å². The number of aliphatic hydroxyl groups excluding tert-OH is 2. The zero-order valence-corrected chi connectivity index (χ0v) is 13.0. The molecule has 5 N–H and O–H groups in total. The highest BCUT2D eigenvalue weighted by atomic mass is 19.1. The fraction of sp³-hybridized carbons (Fsp3) is 0.571. The van der Waals surface area contributed by atoms with Crippen LogP contribution in [0.15, 0.2) is 15.8 Å². The van der Waals surface area contributed by atoms with E-state index >= 15 is 0 Å². The Labute approximate surface area is 139 Å². The minimum absolute atomic E-state index is 0.0710. The summed E-state index contributed by atoms with van der Waals surface area (Å²) in [6.07, 6.45) is -2.46. The molecule has 1 fully saturated rings. The predicted octanol–water partition coefficient (Wildman–Crippen LogP) is -1.92. The van der Waals surface area contributed by atoms with E-state index in [0.29, 0.717) is 6.20 Å². The van der Waals surface area contributed by atoms with Crippen molar-refractivity contribution in [1.29, 1.82) is 0 Å². The van der Waals surface area contributed by atoms with Gasteiger partial charge in [0.05, 0.1) is 18.3 Å². The number of aromatic amines is 1. The van der Waals surface area contributed by atoms with E-state index < -0.39 is 53.2 Å². The molecule has 11 heteroatoms. The van der Waals surface area contributed by atoms with Crippen LogP contribution in [0.3, 0.4) is 0 Å². The highest BCUT2D eigenvalue weighted by Crippen LogP contribution is 2.30. The molecule has 0 aliphatic heterocycles. The normalized spacial score (nSPS) is 25.7. The molecule has 1 heterocycles. The van der Waals surface area contributed by atoms with Gasteiger partial charge in [0.15, 0.2) is 0 Å².